The van der Waals surface area contributed by atoms with E-state index in [1.165, 1.54) is 0 Å². The Morgan fingerprint density at radius 3 is 2.77 bits per heavy atom. The van der Waals surface area contributed by atoms with Crippen LogP contribution in [0.2, 0.25) is 0 Å². The number of piperazine rings is 1. The summed E-state index contributed by atoms with van der Waals surface area (Å²) in [6.45, 7) is 3.36. The summed E-state index contributed by atoms with van der Waals surface area (Å²) in [5.74, 6) is -0.898. The summed E-state index contributed by atoms with van der Waals surface area (Å²) in [6.07, 6.45) is 1.67. The molecule has 7 nitrogen and oxygen atoms in total. The first-order valence-corrected chi connectivity index (χ1v) is 9.51. The number of carbonyl (C=O) groups excluding carboxylic acids is 3. The van der Waals surface area contributed by atoms with Crippen molar-refractivity contribution in [3.05, 3.63) is 28.7 Å². The predicted molar refractivity (Wildman–Crippen MR) is 102 cm³/mol. The molecule has 8 heteroatoms. The van der Waals surface area contributed by atoms with Crippen molar-refractivity contribution in [2.75, 3.05) is 31.6 Å². The van der Waals surface area contributed by atoms with E-state index in [4.69, 9.17) is 4.74 Å². The van der Waals surface area contributed by atoms with E-state index in [2.05, 4.69) is 26.6 Å². The van der Waals surface area contributed by atoms with Crippen molar-refractivity contribution in [3.63, 3.8) is 0 Å². The number of anilines is 1. The molecular weight excluding hydrogens is 402 g/mol. The van der Waals surface area contributed by atoms with E-state index in [0.29, 0.717) is 25.4 Å². The first-order chi connectivity index (χ1) is 12.5. The Balaban J connectivity index is 1.91. The van der Waals surface area contributed by atoms with Gasteiger partial charge in [-0.15, -0.1) is 0 Å². The second kappa shape index (κ2) is 10.3. The van der Waals surface area contributed by atoms with Crippen molar-refractivity contribution in [2.45, 2.75) is 32.2 Å². The van der Waals surface area contributed by atoms with Gasteiger partial charge >= 0.3 is 5.97 Å². The summed E-state index contributed by atoms with van der Waals surface area (Å²) < 4.78 is 6.06. The molecule has 1 unspecified atom stereocenters. The smallest absolute Gasteiger partial charge is 0.307 e. The van der Waals surface area contributed by atoms with Crippen molar-refractivity contribution in [2.24, 2.45) is 0 Å². The van der Waals surface area contributed by atoms with Gasteiger partial charge in [0.1, 0.15) is 6.04 Å². The van der Waals surface area contributed by atoms with Crippen LogP contribution < -0.4 is 10.6 Å². The van der Waals surface area contributed by atoms with E-state index >= 15 is 0 Å². The molecule has 0 aromatic heterocycles. The largest absolute Gasteiger partial charge is 0.466 e. The van der Waals surface area contributed by atoms with Crippen LogP contribution in [0.25, 0.3) is 0 Å². The lowest BCUT2D eigenvalue weighted by Crippen LogP contribution is -2.57. The van der Waals surface area contributed by atoms with Crippen LogP contribution in [0, 0.1) is 0 Å². The Bertz CT molecular complexity index is 636. The molecule has 1 atom stereocenters. The van der Waals surface area contributed by atoms with Crippen LogP contribution in [0.15, 0.2) is 28.7 Å². The minimum Gasteiger partial charge on any atom is -0.466 e. The van der Waals surface area contributed by atoms with Crippen LogP contribution in [0.4, 0.5) is 5.69 Å². The minimum atomic E-state index is -0.687. The van der Waals surface area contributed by atoms with Gasteiger partial charge < -0.3 is 15.4 Å². The van der Waals surface area contributed by atoms with Crippen molar-refractivity contribution >= 4 is 39.4 Å². The zero-order valence-electron chi connectivity index (χ0n) is 14.8. The average Bonchev–Trinajstić information content (AvgIpc) is 2.60. The van der Waals surface area contributed by atoms with Crippen LogP contribution in [-0.4, -0.2) is 55.0 Å². The zero-order chi connectivity index (χ0) is 18.9. The third kappa shape index (κ3) is 6.42. The maximum absolute atomic E-state index is 12.3. The van der Waals surface area contributed by atoms with Crippen LogP contribution in [0.1, 0.15) is 26.2 Å². The molecule has 142 valence electrons. The Morgan fingerprint density at radius 1 is 1.35 bits per heavy atom. The average molecular weight is 426 g/mol. The number of halogens is 1. The molecule has 0 radical (unpaired) electrons. The summed E-state index contributed by atoms with van der Waals surface area (Å²) in [7, 11) is 0. The number of hydrogen-bond donors (Lipinski definition) is 2. The van der Waals surface area contributed by atoms with Crippen molar-refractivity contribution in [1.29, 1.82) is 0 Å². The number of ether oxygens (including phenoxy) is 1. The fraction of sp³-hybridized carbons (Fsp3) is 0.500. The van der Waals surface area contributed by atoms with Crippen molar-refractivity contribution in [1.82, 2.24) is 10.2 Å². The number of hydrogen-bond acceptors (Lipinski definition) is 5. The summed E-state index contributed by atoms with van der Waals surface area (Å²) >= 11 is 3.34. The van der Waals surface area contributed by atoms with E-state index in [9.17, 15) is 14.4 Å². The van der Waals surface area contributed by atoms with Gasteiger partial charge in [0, 0.05) is 23.2 Å². The van der Waals surface area contributed by atoms with Crippen molar-refractivity contribution < 1.29 is 19.1 Å². The highest BCUT2D eigenvalue weighted by Gasteiger charge is 2.33. The second-order valence-corrected chi connectivity index (χ2v) is 7.03. The van der Waals surface area contributed by atoms with E-state index < -0.39 is 12.0 Å². The van der Waals surface area contributed by atoms with Crippen LogP contribution in [-0.2, 0) is 19.1 Å². The maximum Gasteiger partial charge on any atom is 0.307 e. The molecule has 1 fully saturated rings. The lowest BCUT2D eigenvalue weighted by atomic mass is 10.1. The standard InChI is InChI=1S/C18H24BrN3O4/c1-2-3-10-26-17(24)11-15-18(25)20-8-9-22(15)12-16(23)21-14-6-4-13(19)5-7-14/h4-7,15H,2-3,8-12H2,1H3,(H,20,25)(H,21,23). The van der Waals surface area contributed by atoms with Crippen LogP contribution in [0.3, 0.4) is 0 Å². The number of carbonyl (C=O) groups is 3. The number of esters is 1. The molecule has 1 saturated heterocycles. The van der Waals surface area contributed by atoms with E-state index in [1.54, 1.807) is 17.0 Å². The highest BCUT2D eigenvalue weighted by atomic mass is 79.9. The molecule has 2 N–H and O–H groups in total. The second-order valence-electron chi connectivity index (χ2n) is 6.11. The fourth-order valence-electron chi connectivity index (χ4n) is 2.64. The SMILES string of the molecule is CCCCOC(=O)CC1C(=O)NCCN1CC(=O)Nc1ccc(Br)cc1. The maximum atomic E-state index is 12.3. The third-order valence-electron chi connectivity index (χ3n) is 4.04. The Labute approximate surface area is 161 Å². The Kier molecular flexibility index (Phi) is 8.06. The van der Waals surface area contributed by atoms with E-state index in [1.807, 2.05) is 19.1 Å². The number of amides is 2. The van der Waals surface area contributed by atoms with Crippen molar-refractivity contribution in [3.8, 4) is 0 Å². The summed E-state index contributed by atoms with van der Waals surface area (Å²) in [4.78, 5) is 38.1. The van der Waals surface area contributed by atoms with Gasteiger partial charge in [0.05, 0.1) is 19.6 Å². The molecule has 1 aromatic carbocycles. The summed E-state index contributed by atoms with van der Waals surface area (Å²) in [5.41, 5.74) is 0.676. The Morgan fingerprint density at radius 2 is 2.08 bits per heavy atom. The first kappa shape index (κ1) is 20.4. The summed E-state index contributed by atoms with van der Waals surface area (Å²) in [5, 5.41) is 5.54. The van der Waals surface area contributed by atoms with E-state index in [0.717, 1.165) is 17.3 Å². The lowest BCUT2D eigenvalue weighted by molar-refractivity contribution is -0.149. The monoisotopic (exact) mass is 425 g/mol. The van der Waals surface area contributed by atoms with Crippen LogP contribution in [0.5, 0.6) is 0 Å². The molecular formula is C18H24BrN3O4. The molecule has 1 aliphatic heterocycles. The van der Waals surface area contributed by atoms with Gasteiger partial charge in [0.2, 0.25) is 11.8 Å². The highest BCUT2D eigenvalue weighted by molar-refractivity contribution is 9.10. The van der Waals surface area contributed by atoms with Gasteiger partial charge in [-0.25, -0.2) is 0 Å². The van der Waals surface area contributed by atoms with E-state index in [-0.39, 0.29) is 24.8 Å². The molecule has 1 heterocycles. The normalized spacial score (nSPS) is 17.5. The van der Waals surface area contributed by atoms with Gasteiger partial charge in [-0.2, -0.15) is 0 Å². The number of unbranched alkanes of at least 4 members (excludes halogenated alkanes) is 1. The molecule has 0 bridgehead atoms. The molecule has 26 heavy (non-hydrogen) atoms. The topological polar surface area (TPSA) is 87.7 Å². The zero-order valence-corrected chi connectivity index (χ0v) is 16.4. The van der Waals surface area contributed by atoms with Gasteiger partial charge in [-0.3, -0.25) is 19.3 Å². The number of rotatable bonds is 8. The molecule has 1 aromatic rings. The number of benzene rings is 1. The van der Waals surface area contributed by atoms with Gasteiger partial charge in [0.25, 0.3) is 0 Å². The number of nitrogens with one attached hydrogen (secondary N) is 2. The fourth-order valence-corrected chi connectivity index (χ4v) is 2.90. The number of nitrogens with zero attached hydrogens (tertiary/aromatic N) is 1. The molecule has 0 saturated carbocycles. The lowest BCUT2D eigenvalue weighted by Gasteiger charge is -2.33. The third-order valence-corrected chi connectivity index (χ3v) is 4.57. The Hall–Kier alpha value is -1.93. The van der Waals surface area contributed by atoms with Gasteiger partial charge in [0.15, 0.2) is 0 Å². The predicted octanol–water partition coefficient (Wildman–Crippen LogP) is 1.92. The summed E-state index contributed by atoms with van der Waals surface area (Å²) in [6, 6.07) is 6.55. The highest BCUT2D eigenvalue weighted by Crippen LogP contribution is 2.15. The molecule has 0 spiro atoms. The van der Waals surface area contributed by atoms with Crippen LogP contribution >= 0.6 is 15.9 Å². The first-order valence-electron chi connectivity index (χ1n) is 8.72. The van der Waals surface area contributed by atoms with Gasteiger partial charge in [-0.05, 0) is 30.7 Å². The molecule has 2 rings (SSSR count). The molecule has 0 aliphatic carbocycles. The van der Waals surface area contributed by atoms with Gasteiger partial charge in [-0.1, -0.05) is 29.3 Å². The molecule has 1 aliphatic rings. The quantitative estimate of drug-likeness (QED) is 0.490. The molecule has 2 amide bonds. The minimum absolute atomic E-state index is 0.0381.